The van der Waals surface area contributed by atoms with Gasteiger partial charge in [-0.15, -0.1) is 0 Å². The summed E-state index contributed by atoms with van der Waals surface area (Å²) in [5, 5.41) is 8.29. The number of piperidine rings is 1. The van der Waals surface area contributed by atoms with Gasteiger partial charge in [0.05, 0.1) is 5.56 Å². The summed E-state index contributed by atoms with van der Waals surface area (Å²) in [5.74, 6) is 2.44. The minimum Gasteiger partial charge on any atom is -0.343 e. The Balaban J connectivity index is 1.10. The second-order valence-corrected chi connectivity index (χ2v) is 9.34. The van der Waals surface area contributed by atoms with Crippen LogP contribution in [0.3, 0.4) is 0 Å². The molecule has 0 radical (unpaired) electrons. The van der Waals surface area contributed by atoms with Gasteiger partial charge in [-0.05, 0) is 38.3 Å². The molecule has 0 spiro atoms. The van der Waals surface area contributed by atoms with Crippen molar-refractivity contribution in [2.45, 2.75) is 51.4 Å². The zero-order valence-electron chi connectivity index (χ0n) is 20.0. The quantitative estimate of drug-likeness (QED) is 0.389. The zero-order valence-corrected chi connectivity index (χ0v) is 20.0. The Hall–Kier alpha value is -3.88. The van der Waals surface area contributed by atoms with Gasteiger partial charge in [0.25, 0.3) is 5.89 Å². The number of rotatable bonds is 7. The molecule has 0 aliphatic carbocycles. The van der Waals surface area contributed by atoms with Crippen LogP contribution in [0, 0.1) is 6.92 Å². The fraction of sp³-hybridized carbons (Fsp3) is 0.385. The Labute approximate surface area is 203 Å². The van der Waals surface area contributed by atoms with Crippen molar-refractivity contribution >= 4 is 5.91 Å². The van der Waals surface area contributed by atoms with Gasteiger partial charge in [0.2, 0.25) is 17.6 Å². The van der Waals surface area contributed by atoms with E-state index in [0.717, 1.165) is 24.0 Å². The topological polar surface area (TPSA) is 111 Å². The number of aromatic nitrogens is 5. The average molecular weight is 473 g/mol. The molecule has 1 aromatic carbocycles. The van der Waals surface area contributed by atoms with Gasteiger partial charge < -0.3 is 13.9 Å². The van der Waals surface area contributed by atoms with Gasteiger partial charge in [-0.2, -0.15) is 9.97 Å². The van der Waals surface area contributed by atoms with Crippen LogP contribution < -0.4 is 0 Å². The average Bonchev–Trinajstić information content (AvgIpc) is 3.56. The molecule has 9 nitrogen and oxygen atoms in total. The fourth-order valence-electron chi connectivity index (χ4n) is 4.27. The number of benzene rings is 1. The van der Waals surface area contributed by atoms with Gasteiger partial charge in [-0.3, -0.25) is 9.78 Å². The molecule has 1 saturated heterocycles. The first-order chi connectivity index (χ1) is 17.0. The van der Waals surface area contributed by atoms with Crippen molar-refractivity contribution in [3.63, 3.8) is 0 Å². The van der Waals surface area contributed by atoms with Crippen LogP contribution in [-0.4, -0.2) is 49.2 Å². The number of amides is 1. The van der Waals surface area contributed by atoms with Crippen molar-refractivity contribution in [2.24, 2.45) is 0 Å². The molecule has 4 aromatic rings. The molecule has 0 unspecified atom stereocenters. The van der Waals surface area contributed by atoms with Crippen molar-refractivity contribution in [1.82, 2.24) is 30.2 Å². The van der Waals surface area contributed by atoms with E-state index in [2.05, 4.69) is 32.2 Å². The van der Waals surface area contributed by atoms with Gasteiger partial charge in [0, 0.05) is 49.3 Å². The van der Waals surface area contributed by atoms with Crippen molar-refractivity contribution in [2.75, 3.05) is 13.1 Å². The monoisotopic (exact) mass is 472 g/mol. The van der Waals surface area contributed by atoms with Gasteiger partial charge >= 0.3 is 0 Å². The first kappa shape index (κ1) is 22.9. The molecule has 1 amide bonds. The summed E-state index contributed by atoms with van der Waals surface area (Å²) in [4.78, 5) is 27.9. The van der Waals surface area contributed by atoms with Gasteiger partial charge in [0.1, 0.15) is 0 Å². The molecule has 1 fully saturated rings. The Bertz CT molecular complexity index is 1270. The number of likely N-dealkylation sites (tertiary alicyclic amines) is 1. The SMILES string of the molecule is Cc1ccc(-c2noc(CCCC(=O)N3CCC(C)(c4noc(-c5cccnc5)n4)CC3)n2)cc1. The Morgan fingerprint density at radius 2 is 1.83 bits per heavy atom. The van der Waals surface area contributed by atoms with Crippen LogP contribution in [0.15, 0.2) is 57.8 Å². The number of nitrogens with zero attached hydrogens (tertiary/aromatic N) is 6. The summed E-state index contributed by atoms with van der Waals surface area (Å²) >= 11 is 0. The summed E-state index contributed by atoms with van der Waals surface area (Å²) in [7, 11) is 0. The summed E-state index contributed by atoms with van der Waals surface area (Å²) in [5.41, 5.74) is 2.68. The molecule has 5 rings (SSSR count). The van der Waals surface area contributed by atoms with E-state index in [0.29, 0.717) is 55.8 Å². The summed E-state index contributed by atoms with van der Waals surface area (Å²) in [6.45, 7) is 5.51. The van der Waals surface area contributed by atoms with Gasteiger partial charge in [-0.25, -0.2) is 0 Å². The molecule has 180 valence electrons. The number of hydrogen-bond donors (Lipinski definition) is 0. The largest absolute Gasteiger partial charge is 0.343 e. The molecular formula is C26H28N6O3. The zero-order chi connectivity index (χ0) is 24.3. The second-order valence-electron chi connectivity index (χ2n) is 9.34. The van der Waals surface area contributed by atoms with Gasteiger partial charge in [0.15, 0.2) is 5.82 Å². The van der Waals surface area contributed by atoms with Crippen molar-refractivity contribution < 1.29 is 13.8 Å². The molecule has 1 aliphatic heterocycles. The van der Waals surface area contributed by atoms with Crippen LogP contribution >= 0.6 is 0 Å². The third-order valence-electron chi connectivity index (χ3n) is 6.65. The van der Waals surface area contributed by atoms with Crippen LogP contribution in [0.5, 0.6) is 0 Å². The van der Waals surface area contributed by atoms with Crippen molar-refractivity contribution in [3.8, 4) is 22.8 Å². The standard InChI is InChI=1S/C26H28N6O3/c1-18-8-10-19(11-9-18)23-28-21(34-30-23)6-3-7-22(33)32-15-12-26(2,13-16-32)25-29-24(35-31-25)20-5-4-14-27-17-20/h4-5,8-11,14,17H,3,6-7,12-13,15-16H2,1-2H3. The van der Waals surface area contributed by atoms with Crippen molar-refractivity contribution in [3.05, 3.63) is 66.1 Å². The summed E-state index contributed by atoms with van der Waals surface area (Å²) in [6.07, 6.45) is 6.69. The lowest BCUT2D eigenvalue weighted by atomic mass is 9.79. The predicted molar refractivity (Wildman–Crippen MR) is 128 cm³/mol. The van der Waals surface area contributed by atoms with E-state index in [9.17, 15) is 4.79 Å². The lowest BCUT2D eigenvalue weighted by Gasteiger charge is -2.37. The lowest BCUT2D eigenvalue weighted by molar-refractivity contribution is -0.132. The Kier molecular flexibility index (Phi) is 6.39. The van der Waals surface area contributed by atoms with E-state index >= 15 is 0 Å². The van der Waals surface area contributed by atoms with E-state index < -0.39 is 0 Å². The van der Waals surface area contributed by atoms with Crippen LogP contribution in [0.2, 0.25) is 0 Å². The third kappa shape index (κ3) is 5.13. The molecule has 0 atom stereocenters. The molecule has 4 heterocycles. The van der Waals surface area contributed by atoms with Crippen LogP contribution in [0.1, 0.15) is 49.9 Å². The maximum Gasteiger partial charge on any atom is 0.259 e. The number of hydrogen-bond acceptors (Lipinski definition) is 8. The number of carbonyl (C=O) groups is 1. The normalized spacial score (nSPS) is 15.3. The fourth-order valence-corrected chi connectivity index (χ4v) is 4.27. The Morgan fingerprint density at radius 3 is 2.57 bits per heavy atom. The molecule has 3 aromatic heterocycles. The van der Waals surface area contributed by atoms with E-state index in [4.69, 9.17) is 9.05 Å². The van der Waals surface area contributed by atoms with E-state index in [1.54, 1.807) is 12.4 Å². The molecule has 1 aliphatic rings. The molecule has 35 heavy (non-hydrogen) atoms. The van der Waals surface area contributed by atoms with Crippen LogP contribution in [0.25, 0.3) is 22.8 Å². The second kappa shape index (κ2) is 9.77. The molecule has 9 heteroatoms. The van der Waals surface area contributed by atoms with E-state index in [1.807, 2.05) is 48.2 Å². The third-order valence-corrected chi connectivity index (χ3v) is 6.65. The van der Waals surface area contributed by atoms with E-state index in [-0.39, 0.29) is 11.3 Å². The number of carbonyl (C=O) groups excluding carboxylic acids is 1. The highest BCUT2D eigenvalue weighted by molar-refractivity contribution is 5.76. The highest BCUT2D eigenvalue weighted by Crippen LogP contribution is 2.34. The summed E-state index contributed by atoms with van der Waals surface area (Å²) in [6, 6.07) is 11.7. The molecular weight excluding hydrogens is 444 g/mol. The predicted octanol–water partition coefficient (Wildman–Crippen LogP) is 4.39. The first-order valence-corrected chi connectivity index (χ1v) is 11.9. The number of aryl methyl sites for hydroxylation is 2. The maximum absolute atomic E-state index is 12.8. The highest BCUT2D eigenvalue weighted by atomic mass is 16.5. The lowest BCUT2D eigenvalue weighted by Crippen LogP contribution is -2.44. The van der Waals surface area contributed by atoms with Crippen molar-refractivity contribution in [1.29, 1.82) is 0 Å². The minimum atomic E-state index is -0.225. The smallest absolute Gasteiger partial charge is 0.259 e. The molecule has 0 saturated carbocycles. The van der Waals surface area contributed by atoms with Crippen LogP contribution in [-0.2, 0) is 16.6 Å². The Morgan fingerprint density at radius 1 is 1.03 bits per heavy atom. The van der Waals surface area contributed by atoms with E-state index in [1.165, 1.54) is 5.56 Å². The van der Waals surface area contributed by atoms with Gasteiger partial charge in [-0.1, -0.05) is 47.1 Å². The van der Waals surface area contributed by atoms with Crippen LogP contribution in [0.4, 0.5) is 0 Å². The molecule has 0 bridgehead atoms. The molecule has 0 N–H and O–H groups in total. The number of pyridine rings is 1. The summed E-state index contributed by atoms with van der Waals surface area (Å²) < 4.78 is 10.8. The highest BCUT2D eigenvalue weighted by Gasteiger charge is 2.37. The first-order valence-electron chi connectivity index (χ1n) is 11.9. The maximum atomic E-state index is 12.8. The minimum absolute atomic E-state index is 0.148.